The molecule has 2 amide bonds. The maximum Gasteiger partial charge on any atom is 0.408 e. The molecule has 0 spiro atoms. The van der Waals surface area contributed by atoms with Gasteiger partial charge < -0.3 is 15.4 Å². The van der Waals surface area contributed by atoms with Crippen LogP contribution in [0, 0.1) is 0 Å². The van der Waals surface area contributed by atoms with Crippen LogP contribution in [-0.2, 0) is 16.0 Å². The first-order chi connectivity index (χ1) is 12.8. The maximum atomic E-state index is 13.0. The molecule has 2 atom stereocenters. The fourth-order valence-electron chi connectivity index (χ4n) is 3.33. The number of nitrogens with one attached hydrogen (secondary N) is 2. The van der Waals surface area contributed by atoms with Gasteiger partial charge in [0.15, 0.2) is 0 Å². The van der Waals surface area contributed by atoms with E-state index in [-0.39, 0.29) is 11.9 Å². The minimum Gasteiger partial charge on any atom is -0.444 e. The molecule has 0 aliphatic heterocycles. The monoisotopic (exact) mass is 366 g/mol. The van der Waals surface area contributed by atoms with Crippen LogP contribution in [0.4, 0.5) is 4.79 Å². The van der Waals surface area contributed by atoms with Gasteiger partial charge in [-0.25, -0.2) is 4.79 Å². The molecule has 3 rings (SSSR count). The number of fused-ring (bicyclic) bond motifs is 1. The second-order valence-electron chi connectivity index (χ2n) is 7.79. The molecule has 0 saturated carbocycles. The van der Waals surface area contributed by atoms with Crippen LogP contribution in [0.5, 0.6) is 0 Å². The molecule has 0 radical (unpaired) electrons. The van der Waals surface area contributed by atoms with E-state index in [1.807, 2.05) is 48.5 Å². The van der Waals surface area contributed by atoms with E-state index in [9.17, 15) is 9.59 Å². The first kappa shape index (κ1) is 19.0. The Morgan fingerprint density at radius 2 is 1.70 bits per heavy atom. The van der Waals surface area contributed by atoms with Crippen molar-refractivity contribution in [1.29, 1.82) is 0 Å². The third-order valence-corrected chi connectivity index (χ3v) is 4.51. The van der Waals surface area contributed by atoms with Crippen LogP contribution >= 0.6 is 0 Å². The molecule has 142 valence electrons. The highest BCUT2D eigenvalue weighted by molar-refractivity contribution is 5.87. The van der Waals surface area contributed by atoms with Gasteiger partial charge >= 0.3 is 6.09 Å². The van der Waals surface area contributed by atoms with Crippen LogP contribution < -0.4 is 10.6 Å². The molecule has 5 nitrogen and oxygen atoms in total. The smallest absolute Gasteiger partial charge is 0.408 e. The molecule has 0 aromatic heterocycles. The van der Waals surface area contributed by atoms with Gasteiger partial charge in [-0.15, -0.1) is 0 Å². The largest absolute Gasteiger partial charge is 0.444 e. The quantitative estimate of drug-likeness (QED) is 0.858. The molecule has 2 aromatic carbocycles. The number of hydrogen-bond acceptors (Lipinski definition) is 3. The van der Waals surface area contributed by atoms with E-state index >= 15 is 0 Å². The van der Waals surface area contributed by atoms with Crippen LogP contribution in [0.1, 0.15) is 56.0 Å². The first-order valence-corrected chi connectivity index (χ1v) is 9.26. The highest BCUT2D eigenvalue weighted by atomic mass is 16.6. The Labute approximate surface area is 160 Å². The van der Waals surface area contributed by atoms with Gasteiger partial charge in [0.2, 0.25) is 5.91 Å². The van der Waals surface area contributed by atoms with Crippen molar-refractivity contribution in [3.8, 4) is 0 Å². The van der Waals surface area contributed by atoms with Crippen molar-refractivity contribution in [3.63, 3.8) is 0 Å². The Balaban J connectivity index is 1.76. The van der Waals surface area contributed by atoms with Gasteiger partial charge in [0.1, 0.15) is 11.6 Å². The van der Waals surface area contributed by atoms with Gasteiger partial charge in [-0.1, -0.05) is 54.6 Å². The molecular formula is C22H26N2O3. The van der Waals surface area contributed by atoms with Crippen LogP contribution in [0.15, 0.2) is 54.6 Å². The molecule has 1 aliphatic rings. The second-order valence-corrected chi connectivity index (χ2v) is 7.79. The van der Waals surface area contributed by atoms with Crippen molar-refractivity contribution in [2.75, 3.05) is 0 Å². The molecule has 0 fully saturated rings. The summed E-state index contributed by atoms with van der Waals surface area (Å²) in [5, 5.41) is 5.81. The zero-order valence-corrected chi connectivity index (χ0v) is 16.0. The third-order valence-electron chi connectivity index (χ3n) is 4.51. The SMILES string of the molecule is CC(C)(C)OC(=O)N[C@H](C(=O)N[C@H]1CCc2ccccc21)c1ccccc1. The topological polar surface area (TPSA) is 67.4 Å². The van der Waals surface area contributed by atoms with E-state index in [4.69, 9.17) is 4.74 Å². The Hall–Kier alpha value is -2.82. The van der Waals surface area contributed by atoms with E-state index in [1.165, 1.54) is 5.56 Å². The lowest BCUT2D eigenvalue weighted by Gasteiger charge is -2.25. The minimum absolute atomic E-state index is 0.0413. The fourth-order valence-corrected chi connectivity index (χ4v) is 3.33. The summed E-state index contributed by atoms with van der Waals surface area (Å²) in [5.74, 6) is -0.242. The van der Waals surface area contributed by atoms with E-state index in [0.717, 1.165) is 18.4 Å². The average Bonchev–Trinajstić information content (AvgIpc) is 3.02. The highest BCUT2D eigenvalue weighted by Crippen LogP contribution is 2.31. The minimum atomic E-state index is -0.811. The molecule has 0 unspecified atom stereocenters. The van der Waals surface area contributed by atoms with Gasteiger partial charge in [0, 0.05) is 0 Å². The van der Waals surface area contributed by atoms with E-state index in [0.29, 0.717) is 5.56 Å². The van der Waals surface area contributed by atoms with Crippen molar-refractivity contribution >= 4 is 12.0 Å². The van der Waals surface area contributed by atoms with Gasteiger partial charge in [-0.2, -0.15) is 0 Å². The number of carbonyl (C=O) groups is 2. The number of carbonyl (C=O) groups excluding carboxylic acids is 2. The molecule has 1 aliphatic carbocycles. The van der Waals surface area contributed by atoms with Gasteiger partial charge in [-0.05, 0) is 50.3 Å². The summed E-state index contributed by atoms with van der Waals surface area (Å²) in [6, 6.07) is 16.5. The molecule has 0 bridgehead atoms. The Morgan fingerprint density at radius 3 is 2.41 bits per heavy atom. The standard InChI is InChI=1S/C22H26N2O3/c1-22(2,3)27-21(26)24-19(16-10-5-4-6-11-16)20(25)23-18-14-13-15-9-7-8-12-17(15)18/h4-12,18-19H,13-14H2,1-3H3,(H,23,25)(H,24,26)/t18-,19-/m0/s1. The van der Waals surface area contributed by atoms with Gasteiger partial charge in [-0.3, -0.25) is 4.79 Å². The summed E-state index contributed by atoms with van der Waals surface area (Å²) < 4.78 is 5.34. The maximum absolute atomic E-state index is 13.0. The molecule has 27 heavy (non-hydrogen) atoms. The summed E-state index contributed by atoms with van der Waals surface area (Å²) in [6.07, 6.45) is 1.19. The number of rotatable bonds is 4. The Kier molecular flexibility index (Phi) is 5.49. The Bertz CT molecular complexity index is 812. The summed E-state index contributed by atoms with van der Waals surface area (Å²) in [5.41, 5.74) is 2.49. The zero-order valence-electron chi connectivity index (χ0n) is 16.0. The first-order valence-electron chi connectivity index (χ1n) is 9.26. The third kappa shape index (κ3) is 4.88. The van der Waals surface area contributed by atoms with Crippen molar-refractivity contribution in [1.82, 2.24) is 10.6 Å². The zero-order chi connectivity index (χ0) is 19.4. The predicted molar refractivity (Wildman–Crippen MR) is 104 cm³/mol. The van der Waals surface area contributed by atoms with E-state index in [1.54, 1.807) is 20.8 Å². The van der Waals surface area contributed by atoms with Crippen molar-refractivity contribution < 1.29 is 14.3 Å². The second kappa shape index (κ2) is 7.82. The number of ether oxygens (including phenoxy) is 1. The summed E-state index contributed by atoms with van der Waals surface area (Å²) in [7, 11) is 0. The molecular weight excluding hydrogens is 340 g/mol. The lowest BCUT2D eigenvalue weighted by atomic mass is 10.0. The van der Waals surface area contributed by atoms with Crippen molar-refractivity contribution in [2.24, 2.45) is 0 Å². The molecule has 2 aromatic rings. The molecule has 5 heteroatoms. The number of amides is 2. The van der Waals surface area contributed by atoms with Crippen LogP contribution in [-0.4, -0.2) is 17.6 Å². The Morgan fingerprint density at radius 1 is 1.04 bits per heavy atom. The number of benzene rings is 2. The number of hydrogen-bond donors (Lipinski definition) is 2. The van der Waals surface area contributed by atoms with Crippen LogP contribution in [0.2, 0.25) is 0 Å². The molecule has 0 heterocycles. The van der Waals surface area contributed by atoms with Crippen molar-refractivity contribution in [3.05, 3.63) is 71.3 Å². The van der Waals surface area contributed by atoms with Gasteiger partial charge in [0.25, 0.3) is 0 Å². The summed E-state index contributed by atoms with van der Waals surface area (Å²) in [4.78, 5) is 25.3. The van der Waals surface area contributed by atoms with Crippen molar-refractivity contribution in [2.45, 2.75) is 51.3 Å². The van der Waals surface area contributed by atoms with E-state index < -0.39 is 17.7 Å². The summed E-state index contributed by atoms with van der Waals surface area (Å²) >= 11 is 0. The lowest BCUT2D eigenvalue weighted by Crippen LogP contribution is -2.43. The normalized spacial score (nSPS) is 16.9. The van der Waals surface area contributed by atoms with Crippen LogP contribution in [0.3, 0.4) is 0 Å². The predicted octanol–water partition coefficient (Wildman–Crippen LogP) is 4.06. The highest BCUT2D eigenvalue weighted by Gasteiger charge is 2.30. The lowest BCUT2D eigenvalue weighted by molar-refractivity contribution is -0.124. The molecule has 2 N–H and O–H groups in total. The number of aryl methyl sites for hydroxylation is 1. The van der Waals surface area contributed by atoms with E-state index in [2.05, 4.69) is 16.7 Å². The number of alkyl carbamates (subject to hydrolysis) is 1. The van der Waals surface area contributed by atoms with Gasteiger partial charge in [0.05, 0.1) is 6.04 Å². The molecule has 0 saturated heterocycles. The summed E-state index contributed by atoms with van der Waals surface area (Å²) in [6.45, 7) is 5.37. The van der Waals surface area contributed by atoms with Crippen LogP contribution in [0.25, 0.3) is 0 Å². The fraction of sp³-hybridized carbons (Fsp3) is 0.364. The average molecular weight is 366 g/mol.